The molecule has 5 rings (SSSR count). The third-order valence-corrected chi connectivity index (χ3v) is 6.44. The molecule has 10 heteroatoms. The summed E-state index contributed by atoms with van der Waals surface area (Å²) in [5, 5.41) is 3.45. The normalized spacial score (nSPS) is 26.8. The number of benzene rings is 1. The minimum Gasteiger partial charge on any atom is -0.257 e. The summed E-state index contributed by atoms with van der Waals surface area (Å²) < 4.78 is 54.5. The number of pyridine rings is 1. The highest BCUT2D eigenvalue weighted by Crippen LogP contribution is 2.44. The van der Waals surface area contributed by atoms with Gasteiger partial charge >= 0.3 is 6.18 Å². The predicted octanol–water partition coefficient (Wildman–Crippen LogP) is 4.13. The number of aromatic nitrogens is 3. The van der Waals surface area contributed by atoms with Gasteiger partial charge in [0, 0.05) is 24.3 Å². The molecule has 0 spiro atoms. The van der Waals surface area contributed by atoms with Crippen molar-refractivity contribution in [2.45, 2.75) is 36.4 Å². The van der Waals surface area contributed by atoms with E-state index in [1.807, 2.05) is 0 Å². The molecule has 1 aromatic carbocycles. The summed E-state index contributed by atoms with van der Waals surface area (Å²) >= 11 is 6.64. The lowest BCUT2D eigenvalue weighted by Crippen LogP contribution is -2.43. The van der Waals surface area contributed by atoms with Crippen molar-refractivity contribution in [2.75, 3.05) is 6.54 Å². The Morgan fingerprint density at radius 2 is 1.87 bits per heavy atom. The minimum atomic E-state index is -4.65. The minimum absolute atomic E-state index is 0.107. The fourth-order valence-electron chi connectivity index (χ4n) is 4.65. The van der Waals surface area contributed by atoms with E-state index in [9.17, 15) is 17.6 Å². The van der Waals surface area contributed by atoms with Crippen LogP contribution in [0.5, 0.6) is 0 Å². The fourth-order valence-corrected chi connectivity index (χ4v) is 5.14. The van der Waals surface area contributed by atoms with Crippen molar-refractivity contribution in [1.29, 1.82) is 0 Å². The lowest BCUT2D eigenvalue weighted by atomic mass is 9.74. The summed E-state index contributed by atoms with van der Waals surface area (Å²) in [7, 11) is 0. The molecule has 30 heavy (non-hydrogen) atoms. The van der Waals surface area contributed by atoms with Crippen LogP contribution in [0.25, 0.3) is 16.8 Å². The molecule has 5 nitrogen and oxygen atoms in total. The molecular formula is C20H18ClF4N5. The average molecular weight is 440 g/mol. The van der Waals surface area contributed by atoms with Crippen LogP contribution in [0.4, 0.5) is 17.6 Å². The van der Waals surface area contributed by atoms with Crippen LogP contribution in [0.3, 0.4) is 0 Å². The molecule has 2 aromatic heterocycles. The standard InChI is InChI=1S/C20H18ClF4N5/c21-15-8-11(7-12-9-26-28-17(12)15)16-14(10-1-3-13(22)4-2-10)5-6-30-18(16)27-19(29-30)20(23,24)25/h1-6,11-12,15,17,26,28H,7-9H2. The molecule has 1 saturated carbocycles. The van der Waals surface area contributed by atoms with Gasteiger partial charge in [0.2, 0.25) is 0 Å². The monoisotopic (exact) mass is 439 g/mol. The molecular weight excluding hydrogens is 422 g/mol. The Kier molecular flexibility index (Phi) is 4.72. The van der Waals surface area contributed by atoms with E-state index in [2.05, 4.69) is 20.9 Å². The Morgan fingerprint density at radius 1 is 1.10 bits per heavy atom. The average Bonchev–Trinajstić information content (AvgIpc) is 3.34. The Labute approximate surface area is 174 Å². The van der Waals surface area contributed by atoms with Crippen molar-refractivity contribution in [3.63, 3.8) is 0 Å². The summed E-state index contributed by atoms with van der Waals surface area (Å²) in [6.07, 6.45) is -1.86. The lowest BCUT2D eigenvalue weighted by molar-refractivity contribution is -0.144. The van der Waals surface area contributed by atoms with Gasteiger partial charge in [-0.3, -0.25) is 10.9 Å². The molecule has 158 valence electrons. The highest BCUT2D eigenvalue weighted by molar-refractivity contribution is 6.21. The lowest BCUT2D eigenvalue weighted by Gasteiger charge is -2.35. The smallest absolute Gasteiger partial charge is 0.257 e. The molecule has 1 saturated heterocycles. The van der Waals surface area contributed by atoms with Crippen molar-refractivity contribution < 1.29 is 17.6 Å². The van der Waals surface area contributed by atoms with Crippen molar-refractivity contribution in [1.82, 2.24) is 25.4 Å². The molecule has 3 aromatic rings. The largest absolute Gasteiger partial charge is 0.453 e. The number of hydrazine groups is 1. The van der Waals surface area contributed by atoms with Crippen LogP contribution in [-0.4, -0.2) is 32.6 Å². The molecule has 2 N–H and O–H groups in total. The topological polar surface area (TPSA) is 54.2 Å². The van der Waals surface area contributed by atoms with E-state index in [1.165, 1.54) is 22.8 Å². The molecule has 0 bridgehead atoms. The number of hydrogen-bond acceptors (Lipinski definition) is 4. The van der Waals surface area contributed by atoms with Crippen molar-refractivity contribution in [3.8, 4) is 11.1 Å². The molecule has 1 aliphatic carbocycles. The van der Waals surface area contributed by atoms with Crippen LogP contribution in [-0.2, 0) is 6.18 Å². The summed E-state index contributed by atoms with van der Waals surface area (Å²) in [5.74, 6) is -1.42. The number of fused-ring (bicyclic) bond motifs is 2. The Hall–Kier alpha value is -2.23. The van der Waals surface area contributed by atoms with Gasteiger partial charge in [0.25, 0.3) is 5.82 Å². The number of nitrogens with zero attached hydrogens (tertiary/aromatic N) is 3. The van der Waals surface area contributed by atoms with Crippen molar-refractivity contribution in [3.05, 3.63) is 53.7 Å². The van der Waals surface area contributed by atoms with Gasteiger partial charge in [-0.15, -0.1) is 16.7 Å². The zero-order valence-corrected chi connectivity index (χ0v) is 16.4. The SMILES string of the molecule is Fc1ccc(-c2ccn3nc(C(F)(F)F)nc3c2C2CC(Cl)C3NNCC3C2)cc1. The van der Waals surface area contributed by atoms with E-state index in [0.29, 0.717) is 17.5 Å². The first-order chi connectivity index (χ1) is 14.3. The molecule has 2 fully saturated rings. The molecule has 3 heterocycles. The van der Waals surface area contributed by atoms with E-state index >= 15 is 0 Å². The van der Waals surface area contributed by atoms with E-state index in [4.69, 9.17) is 11.6 Å². The summed E-state index contributed by atoms with van der Waals surface area (Å²) in [6, 6.07) is 7.73. The van der Waals surface area contributed by atoms with Gasteiger partial charge < -0.3 is 0 Å². The third-order valence-electron chi connectivity index (χ3n) is 5.99. The van der Waals surface area contributed by atoms with Crippen LogP contribution in [0, 0.1) is 11.7 Å². The molecule has 1 aliphatic heterocycles. The first-order valence-corrected chi connectivity index (χ1v) is 10.1. The van der Waals surface area contributed by atoms with E-state index in [-0.39, 0.29) is 34.7 Å². The van der Waals surface area contributed by atoms with E-state index in [0.717, 1.165) is 18.5 Å². The highest BCUT2D eigenvalue weighted by Gasteiger charge is 2.42. The molecule has 4 unspecified atom stereocenters. The van der Waals surface area contributed by atoms with Crippen LogP contribution in [0.1, 0.15) is 30.1 Å². The number of hydrogen-bond donors (Lipinski definition) is 2. The Bertz CT molecular complexity index is 1080. The number of nitrogens with one attached hydrogen (secondary N) is 2. The number of rotatable bonds is 2. The molecule has 0 radical (unpaired) electrons. The zero-order chi connectivity index (χ0) is 21.0. The summed E-state index contributed by atoms with van der Waals surface area (Å²) in [5.41, 5.74) is 8.57. The molecule has 2 aliphatic rings. The van der Waals surface area contributed by atoms with Gasteiger partial charge in [-0.05, 0) is 54.0 Å². The maximum absolute atomic E-state index is 13.5. The first kappa shape index (κ1) is 19.7. The van der Waals surface area contributed by atoms with Crippen LogP contribution in [0.2, 0.25) is 0 Å². The number of alkyl halides is 4. The molecule has 0 amide bonds. The van der Waals surface area contributed by atoms with Gasteiger partial charge in [0.15, 0.2) is 5.65 Å². The maximum Gasteiger partial charge on any atom is 0.453 e. The summed E-state index contributed by atoms with van der Waals surface area (Å²) in [4.78, 5) is 3.85. The van der Waals surface area contributed by atoms with Gasteiger partial charge in [0.1, 0.15) is 5.82 Å². The number of halogens is 5. The van der Waals surface area contributed by atoms with Gasteiger partial charge in [-0.1, -0.05) is 12.1 Å². The summed E-state index contributed by atoms with van der Waals surface area (Å²) in [6.45, 7) is 0.736. The highest BCUT2D eigenvalue weighted by atomic mass is 35.5. The quantitative estimate of drug-likeness (QED) is 0.465. The second-order valence-electron chi connectivity index (χ2n) is 7.85. The van der Waals surface area contributed by atoms with Crippen LogP contribution in [0.15, 0.2) is 36.5 Å². The van der Waals surface area contributed by atoms with E-state index < -0.39 is 12.0 Å². The predicted molar refractivity (Wildman–Crippen MR) is 103 cm³/mol. The van der Waals surface area contributed by atoms with Gasteiger partial charge in [0.05, 0.1) is 5.38 Å². The van der Waals surface area contributed by atoms with Crippen molar-refractivity contribution >= 4 is 17.2 Å². The van der Waals surface area contributed by atoms with Crippen molar-refractivity contribution in [2.24, 2.45) is 5.92 Å². The fraction of sp³-hybridized carbons (Fsp3) is 0.400. The third kappa shape index (κ3) is 3.34. The zero-order valence-electron chi connectivity index (χ0n) is 15.6. The second kappa shape index (κ2) is 7.18. The Morgan fingerprint density at radius 3 is 2.60 bits per heavy atom. The Balaban J connectivity index is 1.68. The van der Waals surface area contributed by atoms with Crippen LogP contribution < -0.4 is 10.9 Å². The van der Waals surface area contributed by atoms with Gasteiger partial charge in [-0.25, -0.2) is 13.9 Å². The van der Waals surface area contributed by atoms with E-state index in [1.54, 1.807) is 18.2 Å². The van der Waals surface area contributed by atoms with Gasteiger partial charge in [-0.2, -0.15) is 13.2 Å². The first-order valence-electron chi connectivity index (χ1n) is 9.66. The molecule has 4 atom stereocenters. The van der Waals surface area contributed by atoms with Crippen LogP contribution >= 0.6 is 11.6 Å². The second-order valence-corrected chi connectivity index (χ2v) is 8.41. The maximum atomic E-state index is 13.5.